The highest BCUT2D eigenvalue weighted by molar-refractivity contribution is 7.47. The van der Waals surface area contributed by atoms with Gasteiger partial charge >= 0.3 is 25.7 Å². The number of hydrogen-bond acceptors (Lipinski definition) is 10. The highest BCUT2D eigenvalue weighted by atomic mass is 31.2. The van der Waals surface area contributed by atoms with Gasteiger partial charge in [0.05, 0.1) is 19.8 Å². The van der Waals surface area contributed by atoms with Gasteiger partial charge in [-0.2, -0.15) is 0 Å². The molecule has 0 saturated heterocycles. The van der Waals surface area contributed by atoms with Crippen LogP contribution in [0.4, 0.5) is 0 Å². The Balaban J connectivity index is 4.70. The number of rotatable bonds is 52. The molecule has 0 spiro atoms. The van der Waals surface area contributed by atoms with Crippen molar-refractivity contribution in [2.75, 3.05) is 26.4 Å². The lowest BCUT2D eigenvalue weighted by Gasteiger charge is -2.21. The smallest absolute Gasteiger partial charge is 0.462 e. The van der Waals surface area contributed by atoms with Crippen molar-refractivity contribution in [2.45, 2.75) is 290 Å². The molecule has 3 atom stereocenters. The van der Waals surface area contributed by atoms with Gasteiger partial charge in [-0.05, 0) is 44.9 Å². The number of phosphoric ester groups is 1. The molecule has 0 aromatic heterocycles. The Morgan fingerprint density at radius 1 is 0.409 bits per heavy atom. The highest BCUT2D eigenvalue weighted by Gasteiger charge is 2.28. The van der Waals surface area contributed by atoms with Crippen molar-refractivity contribution in [1.29, 1.82) is 0 Å². The monoisotopic (exact) mass is 959 g/mol. The van der Waals surface area contributed by atoms with Crippen molar-refractivity contribution in [3.8, 4) is 0 Å². The Hall–Kier alpha value is -1.78. The molecule has 0 aliphatic rings. The quantitative estimate of drug-likeness (QED) is 0.0197. The van der Waals surface area contributed by atoms with Crippen LogP contribution in [0.15, 0.2) is 12.2 Å². The number of hydrogen-bond donors (Lipinski definition) is 2. The number of unbranched alkanes of at least 4 members (excludes halogenated alkanes) is 33. The summed E-state index contributed by atoms with van der Waals surface area (Å²) < 4.78 is 39.4. The van der Waals surface area contributed by atoms with Gasteiger partial charge in [-0.3, -0.25) is 23.4 Å². The van der Waals surface area contributed by atoms with Crippen molar-refractivity contribution >= 4 is 25.7 Å². The van der Waals surface area contributed by atoms with Crippen LogP contribution in [0.1, 0.15) is 278 Å². The van der Waals surface area contributed by atoms with Crippen molar-refractivity contribution < 1.29 is 52.2 Å². The molecule has 3 unspecified atom stereocenters. The van der Waals surface area contributed by atoms with E-state index in [4.69, 9.17) is 23.3 Å². The molecule has 0 radical (unpaired) electrons. The predicted octanol–water partition coefficient (Wildman–Crippen LogP) is 15.7. The predicted molar refractivity (Wildman–Crippen MR) is 270 cm³/mol. The zero-order chi connectivity index (χ0) is 48.4. The van der Waals surface area contributed by atoms with E-state index in [1.165, 1.54) is 141 Å². The van der Waals surface area contributed by atoms with Crippen molar-refractivity contribution in [2.24, 2.45) is 0 Å². The van der Waals surface area contributed by atoms with E-state index in [0.29, 0.717) is 19.3 Å². The molecule has 390 valence electrons. The molecule has 0 saturated carbocycles. The Morgan fingerprint density at radius 3 is 1.05 bits per heavy atom. The molecule has 0 heterocycles. The summed E-state index contributed by atoms with van der Waals surface area (Å²) >= 11 is 0. The first kappa shape index (κ1) is 64.2. The molecule has 0 rings (SSSR count). The number of aliphatic hydroxyl groups excluding tert-OH is 1. The number of ether oxygens (including phenoxy) is 3. The average molecular weight is 959 g/mol. The fourth-order valence-corrected chi connectivity index (χ4v) is 8.72. The molecule has 0 amide bonds. The van der Waals surface area contributed by atoms with E-state index >= 15 is 0 Å². The van der Waals surface area contributed by atoms with Gasteiger partial charge < -0.3 is 24.2 Å². The van der Waals surface area contributed by atoms with Crippen LogP contribution in [0.3, 0.4) is 0 Å². The topological polar surface area (TPSA) is 155 Å². The summed E-state index contributed by atoms with van der Waals surface area (Å²) in [5, 5.41) is 9.75. The second-order valence-corrected chi connectivity index (χ2v) is 20.2. The second-order valence-electron chi connectivity index (χ2n) is 18.8. The molecule has 12 heteroatoms. The van der Waals surface area contributed by atoms with E-state index in [9.17, 15) is 28.9 Å². The number of phosphoric acid groups is 1. The van der Waals surface area contributed by atoms with Crippen LogP contribution in [-0.2, 0) is 42.2 Å². The minimum atomic E-state index is -4.73. The molecule has 0 aliphatic heterocycles. The van der Waals surface area contributed by atoms with E-state index in [0.717, 1.165) is 77.0 Å². The summed E-state index contributed by atoms with van der Waals surface area (Å²) in [7, 11) is -4.73. The van der Waals surface area contributed by atoms with Gasteiger partial charge in [0.2, 0.25) is 0 Å². The Bertz CT molecular complexity index is 1160. The Kier molecular flexibility index (Phi) is 48.3. The summed E-state index contributed by atoms with van der Waals surface area (Å²) in [5.74, 6) is -1.45. The summed E-state index contributed by atoms with van der Waals surface area (Å²) in [6.45, 7) is 4.64. The van der Waals surface area contributed by atoms with Gasteiger partial charge in [0.15, 0.2) is 6.10 Å². The van der Waals surface area contributed by atoms with E-state index in [1.807, 2.05) is 0 Å². The number of allylic oxidation sites excluding steroid dienone is 2. The lowest BCUT2D eigenvalue weighted by atomic mass is 10.0. The molecule has 11 nitrogen and oxygen atoms in total. The zero-order valence-corrected chi connectivity index (χ0v) is 43.8. The second kappa shape index (κ2) is 49.6. The maximum absolute atomic E-state index is 12.9. The van der Waals surface area contributed by atoms with Crippen LogP contribution in [-0.4, -0.2) is 66.5 Å². The normalized spacial score (nSPS) is 13.5. The number of carbonyl (C=O) groups excluding carboxylic acids is 3. The minimum absolute atomic E-state index is 0.174. The minimum Gasteiger partial charge on any atom is -0.462 e. The van der Waals surface area contributed by atoms with Crippen molar-refractivity contribution in [3.63, 3.8) is 0 Å². The maximum atomic E-state index is 12.9. The summed E-state index contributed by atoms with van der Waals surface area (Å²) in [5.41, 5.74) is 0. The summed E-state index contributed by atoms with van der Waals surface area (Å²) in [4.78, 5) is 48.3. The summed E-state index contributed by atoms with van der Waals surface area (Å²) in [6, 6.07) is 0. The van der Waals surface area contributed by atoms with Gasteiger partial charge in [-0.25, -0.2) is 4.57 Å². The number of aliphatic hydroxyl groups is 1. The van der Waals surface area contributed by atoms with Gasteiger partial charge in [0.1, 0.15) is 12.7 Å². The van der Waals surface area contributed by atoms with E-state index in [1.54, 1.807) is 0 Å². The third-order valence-electron chi connectivity index (χ3n) is 12.2. The van der Waals surface area contributed by atoms with Crippen molar-refractivity contribution in [1.82, 2.24) is 0 Å². The largest absolute Gasteiger partial charge is 0.472 e. The van der Waals surface area contributed by atoms with E-state index < -0.39 is 57.8 Å². The van der Waals surface area contributed by atoms with Crippen LogP contribution in [0, 0.1) is 0 Å². The van der Waals surface area contributed by atoms with Gasteiger partial charge in [-0.1, -0.05) is 226 Å². The maximum Gasteiger partial charge on any atom is 0.472 e. The van der Waals surface area contributed by atoms with Crippen LogP contribution in [0.2, 0.25) is 0 Å². The summed E-state index contributed by atoms with van der Waals surface area (Å²) in [6.07, 6.45) is 46.1. The fraction of sp³-hybridized carbons (Fsp3) is 0.907. The average Bonchev–Trinajstić information content (AvgIpc) is 3.30. The fourth-order valence-electron chi connectivity index (χ4n) is 7.94. The van der Waals surface area contributed by atoms with Gasteiger partial charge in [0.25, 0.3) is 0 Å². The molecule has 0 fully saturated rings. The number of carbonyl (C=O) groups is 3. The highest BCUT2D eigenvalue weighted by Crippen LogP contribution is 2.43. The molecular weight excluding hydrogens is 856 g/mol. The Labute approximate surface area is 405 Å². The van der Waals surface area contributed by atoms with Crippen LogP contribution >= 0.6 is 7.82 Å². The first-order valence-electron chi connectivity index (χ1n) is 27.6. The molecule has 0 bridgehead atoms. The molecular formula is C54H103O11P. The zero-order valence-electron chi connectivity index (χ0n) is 42.9. The molecule has 0 aromatic rings. The standard InChI is InChI=1S/C54H103O11P/c1-4-7-10-13-16-19-21-23-25-27-29-32-34-37-40-43-52(56)61-47-51(65-54(58)45-42-39-36-33-30-28-26-24-22-20-17-14-11-8-5-2)49-63-66(59,60)62-48-50(46-55)64-53(57)44-41-38-35-31-18-15-12-9-6-3/h23,25,50-51,55H,4-22,24,26-49H2,1-3H3,(H,59,60)/b25-23-. The van der Waals surface area contributed by atoms with Gasteiger partial charge in [0, 0.05) is 19.3 Å². The molecule has 66 heavy (non-hydrogen) atoms. The van der Waals surface area contributed by atoms with Crippen LogP contribution in [0.5, 0.6) is 0 Å². The first-order valence-corrected chi connectivity index (χ1v) is 29.1. The van der Waals surface area contributed by atoms with E-state index in [2.05, 4.69) is 32.9 Å². The van der Waals surface area contributed by atoms with E-state index in [-0.39, 0.29) is 25.9 Å². The lowest BCUT2D eigenvalue weighted by Crippen LogP contribution is -2.30. The van der Waals surface area contributed by atoms with Crippen LogP contribution in [0.25, 0.3) is 0 Å². The van der Waals surface area contributed by atoms with Crippen LogP contribution < -0.4 is 0 Å². The molecule has 2 N–H and O–H groups in total. The van der Waals surface area contributed by atoms with Gasteiger partial charge in [-0.15, -0.1) is 0 Å². The Morgan fingerprint density at radius 2 is 0.697 bits per heavy atom. The molecule has 0 aromatic carbocycles. The third kappa shape index (κ3) is 47.3. The first-order chi connectivity index (χ1) is 32.2. The molecule has 0 aliphatic carbocycles. The third-order valence-corrected chi connectivity index (χ3v) is 13.1. The SMILES string of the molecule is CCCCCCCC/C=C\CCCCCCCC(=O)OCC(COP(=O)(O)OCC(CO)OC(=O)CCCCCCCCCCC)OC(=O)CCCCCCCCCCCCCCCCC. The lowest BCUT2D eigenvalue weighted by molar-refractivity contribution is -0.161. The number of esters is 3. The van der Waals surface area contributed by atoms with Crippen molar-refractivity contribution in [3.05, 3.63) is 12.2 Å².